The van der Waals surface area contributed by atoms with Crippen LogP contribution in [0.25, 0.3) is 0 Å². The summed E-state index contributed by atoms with van der Waals surface area (Å²) in [5.41, 5.74) is 1.39. The van der Waals surface area contributed by atoms with Gasteiger partial charge in [0.05, 0.1) is 4.90 Å². The highest BCUT2D eigenvalue weighted by Gasteiger charge is 2.22. The van der Waals surface area contributed by atoms with Gasteiger partial charge in [-0.25, -0.2) is 8.42 Å². The summed E-state index contributed by atoms with van der Waals surface area (Å²) in [6, 6.07) is 15.5. The summed E-state index contributed by atoms with van der Waals surface area (Å²) in [5, 5.41) is 3.09. The van der Waals surface area contributed by atoms with Gasteiger partial charge in [0.15, 0.2) is 0 Å². The molecule has 6 heteroatoms. The molecular weight excluding hydrogens is 372 g/mol. The Balaban J connectivity index is 2.07. The summed E-state index contributed by atoms with van der Waals surface area (Å²) >= 11 is 0. The fourth-order valence-corrected chi connectivity index (χ4v) is 4.39. The number of nitrogens with one attached hydrogen (secondary N) is 1. The van der Waals surface area contributed by atoms with E-state index in [0.29, 0.717) is 17.4 Å². The van der Waals surface area contributed by atoms with Crippen molar-refractivity contribution in [3.8, 4) is 0 Å². The molecule has 0 aromatic heterocycles. The van der Waals surface area contributed by atoms with E-state index >= 15 is 0 Å². The minimum atomic E-state index is -3.54. The molecule has 5 nitrogen and oxygen atoms in total. The van der Waals surface area contributed by atoms with Crippen molar-refractivity contribution in [1.82, 2.24) is 9.62 Å². The van der Waals surface area contributed by atoms with Gasteiger partial charge in [-0.3, -0.25) is 4.79 Å². The van der Waals surface area contributed by atoms with Gasteiger partial charge in [-0.2, -0.15) is 4.31 Å². The molecule has 0 fully saturated rings. The van der Waals surface area contributed by atoms with E-state index in [-0.39, 0.29) is 23.4 Å². The fourth-order valence-electron chi connectivity index (χ4n) is 3.21. The highest BCUT2D eigenvalue weighted by atomic mass is 32.2. The second kappa shape index (κ2) is 9.34. The number of amides is 1. The lowest BCUT2D eigenvalue weighted by molar-refractivity contribution is 0.0910. The van der Waals surface area contributed by atoms with Crippen LogP contribution in [0.5, 0.6) is 0 Å². The quantitative estimate of drug-likeness (QED) is 0.728. The molecule has 1 amide bonds. The monoisotopic (exact) mass is 402 g/mol. The van der Waals surface area contributed by atoms with Crippen LogP contribution in [0.3, 0.4) is 0 Å². The lowest BCUT2D eigenvalue weighted by Gasteiger charge is -2.26. The molecular formula is C22H30N2O3S. The minimum absolute atomic E-state index is 0.106. The van der Waals surface area contributed by atoms with Crippen LogP contribution in [-0.2, 0) is 16.6 Å². The largest absolute Gasteiger partial charge is 0.349 e. The third-order valence-electron chi connectivity index (χ3n) is 4.81. The number of hydrogen-bond acceptors (Lipinski definition) is 3. The van der Waals surface area contributed by atoms with Gasteiger partial charge in [-0.1, -0.05) is 58.0 Å². The van der Waals surface area contributed by atoms with Gasteiger partial charge < -0.3 is 5.32 Å². The maximum Gasteiger partial charge on any atom is 0.251 e. The van der Waals surface area contributed by atoms with E-state index in [9.17, 15) is 13.2 Å². The van der Waals surface area contributed by atoms with Crippen LogP contribution >= 0.6 is 0 Å². The first-order chi connectivity index (χ1) is 13.1. The Bertz CT molecular complexity index is 868. The third-order valence-corrected chi connectivity index (χ3v) is 6.62. The summed E-state index contributed by atoms with van der Waals surface area (Å²) in [5.74, 6) is 0.587. The highest BCUT2D eigenvalue weighted by molar-refractivity contribution is 7.89. The number of nitrogens with zero attached hydrogens (tertiary/aromatic N) is 1. The number of hydrogen-bond donors (Lipinski definition) is 1. The molecule has 28 heavy (non-hydrogen) atoms. The third kappa shape index (κ3) is 5.42. The zero-order valence-electron chi connectivity index (χ0n) is 17.2. The number of carbonyl (C=O) groups is 1. The molecule has 0 radical (unpaired) electrons. The van der Waals surface area contributed by atoms with Gasteiger partial charge in [0.25, 0.3) is 5.91 Å². The van der Waals surface area contributed by atoms with Crippen LogP contribution in [0.2, 0.25) is 0 Å². The molecule has 1 N–H and O–H groups in total. The van der Waals surface area contributed by atoms with Gasteiger partial charge in [-0.05, 0) is 41.7 Å². The Kier molecular flexibility index (Phi) is 7.38. The van der Waals surface area contributed by atoms with Crippen molar-refractivity contribution >= 4 is 15.9 Å². The summed E-state index contributed by atoms with van der Waals surface area (Å²) in [4.78, 5) is 12.8. The molecule has 2 aromatic rings. The van der Waals surface area contributed by atoms with E-state index in [4.69, 9.17) is 0 Å². The SMILES string of the molecule is CC(C)C(NC(=O)c1ccc(CN(C)S(=O)(=O)c2ccccc2)cc1)C(C)C. The van der Waals surface area contributed by atoms with Crippen molar-refractivity contribution in [2.45, 2.75) is 45.2 Å². The Morgan fingerprint density at radius 2 is 1.46 bits per heavy atom. The fraction of sp³-hybridized carbons (Fsp3) is 0.409. The zero-order chi connectivity index (χ0) is 20.9. The molecule has 0 heterocycles. The molecule has 152 valence electrons. The maximum atomic E-state index is 12.6. The van der Waals surface area contributed by atoms with E-state index in [1.54, 1.807) is 61.6 Å². The smallest absolute Gasteiger partial charge is 0.251 e. The number of benzene rings is 2. The molecule has 0 saturated carbocycles. The van der Waals surface area contributed by atoms with Crippen molar-refractivity contribution in [2.75, 3.05) is 7.05 Å². The first-order valence-electron chi connectivity index (χ1n) is 9.54. The molecule has 0 saturated heterocycles. The van der Waals surface area contributed by atoms with Crippen molar-refractivity contribution in [1.29, 1.82) is 0 Å². The van der Waals surface area contributed by atoms with Crippen molar-refractivity contribution in [3.05, 3.63) is 65.7 Å². The predicted octanol–water partition coefficient (Wildman–Crippen LogP) is 3.92. The first-order valence-corrected chi connectivity index (χ1v) is 11.0. The number of sulfonamides is 1. The molecule has 0 atom stereocenters. The van der Waals surface area contributed by atoms with Crippen LogP contribution < -0.4 is 5.32 Å². The number of carbonyl (C=O) groups excluding carboxylic acids is 1. The van der Waals surface area contributed by atoms with Gasteiger partial charge in [0.2, 0.25) is 10.0 Å². The first kappa shape index (κ1) is 22.1. The molecule has 0 aliphatic carbocycles. The van der Waals surface area contributed by atoms with Crippen molar-refractivity contribution in [2.24, 2.45) is 11.8 Å². The summed E-state index contributed by atoms with van der Waals surface area (Å²) < 4.78 is 26.6. The van der Waals surface area contributed by atoms with E-state index in [0.717, 1.165) is 5.56 Å². The zero-order valence-corrected chi connectivity index (χ0v) is 18.0. The standard InChI is InChI=1S/C22H30N2O3S/c1-16(2)21(17(3)4)23-22(25)19-13-11-18(12-14-19)15-24(5)28(26,27)20-9-7-6-8-10-20/h6-14,16-17,21H,15H2,1-5H3,(H,23,25). The van der Waals surface area contributed by atoms with Crippen molar-refractivity contribution in [3.63, 3.8) is 0 Å². The number of rotatable bonds is 8. The van der Waals surface area contributed by atoms with Gasteiger partial charge in [0, 0.05) is 25.2 Å². The van der Waals surface area contributed by atoms with Gasteiger partial charge in [-0.15, -0.1) is 0 Å². The van der Waals surface area contributed by atoms with E-state index in [1.165, 1.54) is 4.31 Å². The summed E-state index contributed by atoms with van der Waals surface area (Å²) in [7, 11) is -1.99. The highest BCUT2D eigenvalue weighted by Crippen LogP contribution is 2.17. The van der Waals surface area contributed by atoms with Crippen LogP contribution in [-0.4, -0.2) is 31.7 Å². The normalized spacial score (nSPS) is 12.2. The predicted molar refractivity (Wildman–Crippen MR) is 112 cm³/mol. The van der Waals surface area contributed by atoms with Crippen LogP contribution in [0, 0.1) is 11.8 Å². The minimum Gasteiger partial charge on any atom is -0.349 e. The van der Waals surface area contributed by atoms with Gasteiger partial charge in [0.1, 0.15) is 0 Å². The van der Waals surface area contributed by atoms with Gasteiger partial charge >= 0.3 is 0 Å². The van der Waals surface area contributed by atoms with E-state index in [1.807, 2.05) is 0 Å². The Hall–Kier alpha value is -2.18. The van der Waals surface area contributed by atoms with Crippen LogP contribution in [0.4, 0.5) is 0 Å². The van der Waals surface area contributed by atoms with Crippen molar-refractivity contribution < 1.29 is 13.2 Å². The molecule has 0 aliphatic heterocycles. The lowest BCUT2D eigenvalue weighted by Crippen LogP contribution is -2.42. The van der Waals surface area contributed by atoms with E-state index in [2.05, 4.69) is 33.0 Å². The Labute approximate surface area is 168 Å². The topological polar surface area (TPSA) is 66.5 Å². The average Bonchev–Trinajstić information content (AvgIpc) is 2.66. The molecule has 0 aliphatic rings. The molecule has 0 spiro atoms. The molecule has 2 aromatic carbocycles. The molecule has 2 rings (SSSR count). The summed E-state index contributed by atoms with van der Waals surface area (Å²) in [6.07, 6.45) is 0. The van der Waals surface area contributed by atoms with Crippen LogP contribution in [0.15, 0.2) is 59.5 Å². The Morgan fingerprint density at radius 1 is 0.929 bits per heavy atom. The molecule has 0 bridgehead atoms. The second-order valence-corrected chi connectivity index (χ2v) is 9.80. The summed E-state index contributed by atoms with van der Waals surface area (Å²) in [6.45, 7) is 8.61. The van der Waals surface area contributed by atoms with Crippen LogP contribution in [0.1, 0.15) is 43.6 Å². The van der Waals surface area contributed by atoms with E-state index < -0.39 is 10.0 Å². The average molecular weight is 403 g/mol. The maximum absolute atomic E-state index is 12.6. The second-order valence-electron chi connectivity index (χ2n) is 7.76. The lowest BCUT2D eigenvalue weighted by atomic mass is 9.93. The molecule has 0 unspecified atom stereocenters. The Morgan fingerprint density at radius 3 is 1.96 bits per heavy atom.